The molecule has 3 heteroatoms. The summed E-state index contributed by atoms with van der Waals surface area (Å²) in [6.07, 6.45) is 0. The third-order valence-corrected chi connectivity index (χ3v) is 3.58. The van der Waals surface area contributed by atoms with E-state index in [0.717, 1.165) is 10.6 Å². The SMILES string of the molecule is C[C@@H]1SC(c2ccccc2)=N[C@H]1CO. The van der Waals surface area contributed by atoms with Crippen LogP contribution in [0, 0.1) is 0 Å². The Labute approximate surface area is 88.1 Å². The third-order valence-electron chi connectivity index (χ3n) is 2.33. The molecule has 14 heavy (non-hydrogen) atoms. The lowest BCUT2D eigenvalue weighted by Crippen LogP contribution is -2.17. The van der Waals surface area contributed by atoms with Crippen LogP contribution in [0.2, 0.25) is 0 Å². The first-order chi connectivity index (χ1) is 6.81. The minimum atomic E-state index is 0.0650. The maximum atomic E-state index is 9.08. The van der Waals surface area contributed by atoms with Crippen molar-refractivity contribution < 1.29 is 5.11 Å². The molecule has 0 aliphatic carbocycles. The fourth-order valence-electron chi connectivity index (χ4n) is 1.45. The largest absolute Gasteiger partial charge is 0.394 e. The maximum absolute atomic E-state index is 9.08. The summed E-state index contributed by atoms with van der Waals surface area (Å²) in [5.41, 5.74) is 1.15. The van der Waals surface area contributed by atoms with Crippen LogP contribution in [0.25, 0.3) is 0 Å². The molecule has 0 fully saturated rings. The van der Waals surface area contributed by atoms with Crippen molar-refractivity contribution in [2.45, 2.75) is 18.2 Å². The predicted octanol–water partition coefficient (Wildman–Crippen LogP) is 1.93. The zero-order valence-corrected chi connectivity index (χ0v) is 8.87. The zero-order chi connectivity index (χ0) is 9.97. The second-order valence-corrected chi connectivity index (χ2v) is 4.74. The summed E-state index contributed by atoms with van der Waals surface area (Å²) >= 11 is 1.74. The molecule has 0 saturated carbocycles. The molecular weight excluding hydrogens is 194 g/mol. The van der Waals surface area contributed by atoms with Crippen LogP contribution < -0.4 is 0 Å². The van der Waals surface area contributed by atoms with Gasteiger partial charge in [-0.2, -0.15) is 0 Å². The lowest BCUT2D eigenvalue weighted by atomic mass is 10.2. The van der Waals surface area contributed by atoms with E-state index < -0.39 is 0 Å². The highest BCUT2D eigenvalue weighted by molar-refractivity contribution is 8.15. The van der Waals surface area contributed by atoms with Gasteiger partial charge in [-0.3, -0.25) is 4.99 Å². The second kappa shape index (κ2) is 4.15. The summed E-state index contributed by atoms with van der Waals surface area (Å²) in [5.74, 6) is 0. The van der Waals surface area contributed by atoms with Gasteiger partial charge < -0.3 is 5.11 Å². The Morgan fingerprint density at radius 1 is 1.36 bits per heavy atom. The Kier molecular flexibility index (Phi) is 2.89. The molecule has 2 nitrogen and oxygen atoms in total. The number of aliphatic imine (C=N–C) groups is 1. The normalized spacial score (nSPS) is 26.3. The number of aliphatic hydroxyl groups is 1. The number of thioether (sulfide) groups is 1. The van der Waals surface area contributed by atoms with Gasteiger partial charge in [-0.1, -0.05) is 37.3 Å². The van der Waals surface area contributed by atoms with E-state index in [1.54, 1.807) is 11.8 Å². The van der Waals surface area contributed by atoms with Crippen molar-refractivity contribution in [2.24, 2.45) is 4.99 Å². The quantitative estimate of drug-likeness (QED) is 0.803. The summed E-state index contributed by atoms with van der Waals surface area (Å²) in [6, 6.07) is 10.2. The van der Waals surface area contributed by atoms with E-state index in [0.29, 0.717) is 5.25 Å². The predicted molar refractivity (Wildman–Crippen MR) is 60.9 cm³/mol. The number of nitrogens with zero attached hydrogens (tertiary/aromatic N) is 1. The average molecular weight is 207 g/mol. The molecule has 2 rings (SSSR count). The number of hydrogen-bond acceptors (Lipinski definition) is 3. The van der Waals surface area contributed by atoms with Crippen LogP contribution in [0.3, 0.4) is 0 Å². The van der Waals surface area contributed by atoms with Crippen molar-refractivity contribution >= 4 is 16.8 Å². The molecule has 1 heterocycles. The molecule has 2 atom stereocenters. The minimum absolute atomic E-state index is 0.0650. The number of hydrogen-bond donors (Lipinski definition) is 1. The topological polar surface area (TPSA) is 32.6 Å². The third kappa shape index (κ3) is 1.83. The molecular formula is C11H13NOS. The summed E-state index contributed by atoms with van der Waals surface area (Å²) in [5, 5.41) is 10.5. The van der Waals surface area contributed by atoms with Crippen LogP contribution in [0.15, 0.2) is 35.3 Å². The van der Waals surface area contributed by atoms with E-state index in [4.69, 9.17) is 5.11 Å². The van der Waals surface area contributed by atoms with Gasteiger partial charge in [0.2, 0.25) is 0 Å². The molecule has 1 aliphatic rings. The van der Waals surface area contributed by atoms with Crippen LogP contribution in [0.5, 0.6) is 0 Å². The smallest absolute Gasteiger partial charge is 0.0985 e. The van der Waals surface area contributed by atoms with Crippen LogP contribution in [0.4, 0.5) is 0 Å². The van der Waals surface area contributed by atoms with Crippen LogP contribution >= 0.6 is 11.8 Å². The number of benzene rings is 1. The molecule has 0 aromatic heterocycles. The average Bonchev–Trinajstić information content (AvgIpc) is 2.61. The molecule has 0 spiro atoms. The fraction of sp³-hybridized carbons (Fsp3) is 0.364. The van der Waals surface area contributed by atoms with Crippen LogP contribution in [-0.2, 0) is 0 Å². The first-order valence-electron chi connectivity index (χ1n) is 4.72. The summed E-state index contributed by atoms with van der Waals surface area (Å²) in [4.78, 5) is 4.49. The van der Waals surface area contributed by atoms with Crippen LogP contribution in [-0.4, -0.2) is 28.0 Å². The Morgan fingerprint density at radius 3 is 2.64 bits per heavy atom. The minimum Gasteiger partial charge on any atom is -0.394 e. The van der Waals surface area contributed by atoms with E-state index in [2.05, 4.69) is 24.0 Å². The van der Waals surface area contributed by atoms with Gasteiger partial charge in [0.15, 0.2) is 0 Å². The first-order valence-corrected chi connectivity index (χ1v) is 5.60. The van der Waals surface area contributed by atoms with E-state index in [1.165, 1.54) is 0 Å². The highest BCUT2D eigenvalue weighted by atomic mass is 32.2. The van der Waals surface area contributed by atoms with Crippen molar-refractivity contribution in [3.63, 3.8) is 0 Å². The Morgan fingerprint density at radius 2 is 2.07 bits per heavy atom. The van der Waals surface area contributed by atoms with E-state index in [1.807, 2.05) is 18.2 Å². The Balaban J connectivity index is 2.22. The van der Waals surface area contributed by atoms with Gasteiger partial charge in [0.05, 0.1) is 17.7 Å². The van der Waals surface area contributed by atoms with E-state index >= 15 is 0 Å². The molecule has 1 aliphatic heterocycles. The number of aliphatic hydroxyl groups excluding tert-OH is 1. The van der Waals surface area contributed by atoms with Crippen molar-refractivity contribution in [1.82, 2.24) is 0 Å². The van der Waals surface area contributed by atoms with Gasteiger partial charge in [0.25, 0.3) is 0 Å². The molecule has 1 aromatic rings. The highest BCUT2D eigenvalue weighted by Crippen LogP contribution is 2.29. The van der Waals surface area contributed by atoms with Crippen LogP contribution in [0.1, 0.15) is 12.5 Å². The Bertz CT molecular complexity index is 336. The maximum Gasteiger partial charge on any atom is 0.0985 e. The van der Waals surface area contributed by atoms with Crippen molar-refractivity contribution in [1.29, 1.82) is 0 Å². The van der Waals surface area contributed by atoms with Gasteiger partial charge in [0.1, 0.15) is 0 Å². The van der Waals surface area contributed by atoms with Gasteiger partial charge in [-0.15, -0.1) is 11.8 Å². The van der Waals surface area contributed by atoms with E-state index in [-0.39, 0.29) is 12.6 Å². The monoisotopic (exact) mass is 207 g/mol. The molecule has 0 amide bonds. The molecule has 0 radical (unpaired) electrons. The lowest BCUT2D eigenvalue weighted by molar-refractivity contribution is 0.268. The summed E-state index contributed by atoms with van der Waals surface area (Å²) < 4.78 is 0. The lowest BCUT2D eigenvalue weighted by Gasteiger charge is -2.06. The molecule has 0 bridgehead atoms. The summed E-state index contributed by atoms with van der Waals surface area (Å²) in [7, 11) is 0. The standard InChI is InChI=1S/C11H13NOS/c1-8-10(7-13)12-11(14-8)9-5-3-2-4-6-9/h2-6,8,10,13H,7H2,1H3/t8-,10-/m0/s1. The molecule has 74 valence electrons. The van der Waals surface area contributed by atoms with Gasteiger partial charge in [-0.25, -0.2) is 0 Å². The first kappa shape index (κ1) is 9.74. The molecule has 1 aromatic carbocycles. The van der Waals surface area contributed by atoms with Gasteiger partial charge in [-0.05, 0) is 0 Å². The van der Waals surface area contributed by atoms with Crippen molar-refractivity contribution in [3.05, 3.63) is 35.9 Å². The zero-order valence-electron chi connectivity index (χ0n) is 8.05. The molecule has 1 N–H and O–H groups in total. The Hall–Kier alpha value is -0.800. The molecule has 0 unspecified atom stereocenters. The van der Waals surface area contributed by atoms with Crippen molar-refractivity contribution in [3.8, 4) is 0 Å². The van der Waals surface area contributed by atoms with Gasteiger partial charge >= 0.3 is 0 Å². The van der Waals surface area contributed by atoms with E-state index in [9.17, 15) is 0 Å². The summed E-state index contributed by atoms with van der Waals surface area (Å²) in [6.45, 7) is 2.25. The second-order valence-electron chi connectivity index (χ2n) is 3.37. The number of rotatable bonds is 2. The fourth-order valence-corrected chi connectivity index (χ4v) is 2.58. The highest BCUT2D eigenvalue weighted by Gasteiger charge is 2.26. The molecule has 0 saturated heterocycles. The van der Waals surface area contributed by atoms with Gasteiger partial charge in [0, 0.05) is 10.8 Å². The van der Waals surface area contributed by atoms with Crippen molar-refractivity contribution in [2.75, 3.05) is 6.61 Å².